The van der Waals surface area contributed by atoms with E-state index in [1.54, 1.807) is 36.0 Å². The van der Waals surface area contributed by atoms with E-state index >= 15 is 0 Å². The molecule has 0 aliphatic carbocycles. The second-order valence-electron chi connectivity index (χ2n) is 4.41. The Bertz CT molecular complexity index is 435. The number of carbonyl (C=O) groups is 2. The summed E-state index contributed by atoms with van der Waals surface area (Å²) in [5.74, 6) is 1.54. The molecule has 0 unspecified atom stereocenters. The number of hydrogen-bond donors (Lipinski definition) is 3. The molecule has 2 amide bonds. The first-order valence-corrected chi connectivity index (χ1v) is 7.34. The van der Waals surface area contributed by atoms with E-state index in [1.165, 1.54) is 0 Å². The summed E-state index contributed by atoms with van der Waals surface area (Å²) in [6.45, 7) is 2.08. The zero-order chi connectivity index (χ0) is 13.5. The Morgan fingerprint density at radius 2 is 1.95 bits per heavy atom. The lowest BCUT2D eigenvalue weighted by molar-refractivity contribution is -0.119. The van der Waals surface area contributed by atoms with Crippen molar-refractivity contribution >= 4 is 23.6 Å². The number of thioether (sulfide) groups is 1. The molecule has 0 saturated carbocycles. The summed E-state index contributed by atoms with van der Waals surface area (Å²) < 4.78 is 0. The third-order valence-electron chi connectivity index (χ3n) is 2.80. The van der Waals surface area contributed by atoms with Gasteiger partial charge in [0.15, 0.2) is 0 Å². The van der Waals surface area contributed by atoms with E-state index in [0.717, 1.165) is 18.8 Å². The van der Waals surface area contributed by atoms with Crippen LogP contribution in [0.15, 0.2) is 30.3 Å². The van der Waals surface area contributed by atoms with Gasteiger partial charge >= 0.3 is 0 Å². The van der Waals surface area contributed by atoms with Crippen LogP contribution in [0.2, 0.25) is 0 Å². The minimum Gasteiger partial charge on any atom is -0.316 e. The first kappa shape index (κ1) is 13.9. The molecule has 1 saturated heterocycles. The fraction of sp³-hybridized carbons (Fsp3) is 0.385. The van der Waals surface area contributed by atoms with Gasteiger partial charge in [-0.15, -0.1) is 0 Å². The van der Waals surface area contributed by atoms with E-state index in [2.05, 4.69) is 16.2 Å². The Morgan fingerprint density at radius 3 is 2.58 bits per heavy atom. The van der Waals surface area contributed by atoms with Crippen molar-refractivity contribution in [3.63, 3.8) is 0 Å². The van der Waals surface area contributed by atoms with Gasteiger partial charge in [-0.05, 0) is 36.9 Å². The maximum atomic E-state index is 11.6. The first-order valence-electron chi connectivity index (χ1n) is 6.18. The number of hydrazine groups is 1. The fourth-order valence-corrected chi connectivity index (χ4v) is 2.55. The zero-order valence-electron chi connectivity index (χ0n) is 10.5. The van der Waals surface area contributed by atoms with Gasteiger partial charge in [-0.1, -0.05) is 18.2 Å². The van der Waals surface area contributed by atoms with Gasteiger partial charge in [-0.3, -0.25) is 20.4 Å². The quantitative estimate of drug-likeness (QED) is 0.682. The highest BCUT2D eigenvalue weighted by Crippen LogP contribution is 2.11. The van der Waals surface area contributed by atoms with E-state index in [-0.39, 0.29) is 11.8 Å². The molecule has 0 radical (unpaired) electrons. The Morgan fingerprint density at radius 1 is 1.21 bits per heavy atom. The SMILES string of the molecule is O=C(CSCC1CNC1)NNC(=O)c1ccccc1. The Balaban J connectivity index is 1.61. The molecular formula is C13H17N3O2S. The second-order valence-corrected chi connectivity index (χ2v) is 5.44. The Labute approximate surface area is 116 Å². The van der Waals surface area contributed by atoms with Crippen LogP contribution in [0.25, 0.3) is 0 Å². The van der Waals surface area contributed by atoms with Crippen LogP contribution in [0, 0.1) is 5.92 Å². The first-order chi connectivity index (χ1) is 9.25. The van der Waals surface area contributed by atoms with Crippen LogP contribution in [-0.4, -0.2) is 36.4 Å². The molecule has 102 valence electrons. The average molecular weight is 279 g/mol. The average Bonchev–Trinajstić information content (AvgIpc) is 2.40. The third-order valence-corrected chi connectivity index (χ3v) is 3.98. The van der Waals surface area contributed by atoms with E-state index in [4.69, 9.17) is 0 Å². The lowest BCUT2D eigenvalue weighted by Crippen LogP contribution is -2.44. The highest BCUT2D eigenvalue weighted by atomic mass is 32.2. The molecule has 2 rings (SSSR count). The van der Waals surface area contributed by atoms with Gasteiger partial charge in [0, 0.05) is 5.56 Å². The van der Waals surface area contributed by atoms with E-state index < -0.39 is 0 Å². The minimum absolute atomic E-state index is 0.179. The number of nitrogens with one attached hydrogen (secondary N) is 3. The molecule has 3 N–H and O–H groups in total. The Hall–Kier alpha value is -1.53. The maximum absolute atomic E-state index is 11.6. The van der Waals surface area contributed by atoms with Crippen LogP contribution < -0.4 is 16.2 Å². The van der Waals surface area contributed by atoms with Gasteiger partial charge in [0.05, 0.1) is 5.75 Å². The van der Waals surface area contributed by atoms with Crippen LogP contribution in [-0.2, 0) is 4.79 Å². The van der Waals surface area contributed by atoms with Crippen molar-refractivity contribution in [2.24, 2.45) is 5.92 Å². The molecule has 1 aliphatic rings. The van der Waals surface area contributed by atoms with E-state index in [1.807, 2.05) is 6.07 Å². The number of amides is 2. The van der Waals surface area contributed by atoms with Crippen LogP contribution in [0.4, 0.5) is 0 Å². The summed E-state index contributed by atoms with van der Waals surface area (Å²) >= 11 is 1.59. The van der Waals surface area contributed by atoms with Crippen molar-refractivity contribution in [3.05, 3.63) is 35.9 Å². The number of rotatable bonds is 5. The summed E-state index contributed by atoms with van der Waals surface area (Å²) in [6.07, 6.45) is 0. The lowest BCUT2D eigenvalue weighted by atomic mass is 10.1. The van der Waals surface area contributed by atoms with Crippen molar-refractivity contribution in [2.45, 2.75) is 0 Å². The van der Waals surface area contributed by atoms with Gasteiger partial charge < -0.3 is 5.32 Å². The maximum Gasteiger partial charge on any atom is 0.269 e. The predicted molar refractivity (Wildman–Crippen MR) is 75.7 cm³/mol. The molecule has 1 heterocycles. The minimum atomic E-state index is -0.304. The molecule has 5 nitrogen and oxygen atoms in total. The van der Waals surface area contributed by atoms with Gasteiger partial charge in [0.25, 0.3) is 5.91 Å². The predicted octanol–water partition coefficient (Wildman–Crippen LogP) is 0.400. The highest BCUT2D eigenvalue weighted by Gasteiger charge is 2.16. The zero-order valence-corrected chi connectivity index (χ0v) is 11.3. The standard InChI is InChI=1S/C13H17N3O2S/c17-12(9-19-8-10-6-14-7-10)15-16-13(18)11-4-2-1-3-5-11/h1-5,10,14H,6-9H2,(H,15,17)(H,16,18). The monoisotopic (exact) mass is 279 g/mol. The smallest absolute Gasteiger partial charge is 0.269 e. The van der Waals surface area contributed by atoms with Crippen LogP contribution in [0.5, 0.6) is 0 Å². The van der Waals surface area contributed by atoms with Gasteiger partial charge in [-0.25, -0.2) is 0 Å². The van der Waals surface area contributed by atoms with Crippen molar-refractivity contribution in [1.29, 1.82) is 0 Å². The Kier molecular flexibility index (Phi) is 5.23. The van der Waals surface area contributed by atoms with Gasteiger partial charge in [-0.2, -0.15) is 11.8 Å². The summed E-state index contributed by atoms with van der Waals surface area (Å²) in [5, 5.41) is 3.19. The third kappa shape index (κ3) is 4.57. The normalized spacial score (nSPS) is 14.5. The second kappa shape index (κ2) is 7.16. The van der Waals surface area contributed by atoms with Crippen LogP contribution >= 0.6 is 11.8 Å². The topological polar surface area (TPSA) is 70.2 Å². The van der Waals surface area contributed by atoms with Gasteiger partial charge in [0.1, 0.15) is 0 Å². The number of carbonyl (C=O) groups excluding carboxylic acids is 2. The number of hydrogen-bond acceptors (Lipinski definition) is 4. The highest BCUT2D eigenvalue weighted by molar-refractivity contribution is 7.99. The molecule has 0 spiro atoms. The van der Waals surface area contributed by atoms with Crippen LogP contribution in [0.1, 0.15) is 10.4 Å². The fourth-order valence-electron chi connectivity index (χ4n) is 1.61. The van der Waals surface area contributed by atoms with Crippen molar-refractivity contribution < 1.29 is 9.59 Å². The van der Waals surface area contributed by atoms with Crippen molar-refractivity contribution in [2.75, 3.05) is 24.6 Å². The van der Waals surface area contributed by atoms with Gasteiger partial charge in [0.2, 0.25) is 5.91 Å². The van der Waals surface area contributed by atoms with Crippen molar-refractivity contribution in [3.8, 4) is 0 Å². The molecule has 1 aromatic rings. The van der Waals surface area contributed by atoms with E-state index in [0.29, 0.717) is 17.2 Å². The molecular weight excluding hydrogens is 262 g/mol. The molecule has 1 fully saturated rings. The summed E-state index contributed by atoms with van der Waals surface area (Å²) in [7, 11) is 0. The number of benzene rings is 1. The summed E-state index contributed by atoms with van der Waals surface area (Å²) in [5.41, 5.74) is 5.34. The van der Waals surface area contributed by atoms with Crippen LogP contribution in [0.3, 0.4) is 0 Å². The molecule has 0 bridgehead atoms. The summed E-state index contributed by atoms with van der Waals surface area (Å²) in [6, 6.07) is 8.78. The van der Waals surface area contributed by atoms with Crippen molar-refractivity contribution in [1.82, 2.24) is 16.2 Å². The lowest BCUT2D eigenvalue weighted by Gasteiger charge is -2.26. The molecule has 1 aliphatic heterocycles. The largest absolute Gasteiger partial charge is 0.316 e. The molecule has 19 heavy (non-hydrogen) atoms. The summed E-state index contributed by atoms with van der Waals surface area (Å²) in [4.78, 5) is 23.2. The molecule has 0 atom stereocenters. The molecule has 1 aromatic carbocycles. The molecule has 0 aromatic heterocycles. The van der Waals surface area contributed by atoms with E-state index in [9.17, 15) is 9.59 Å². The molecule has 6 heteroatoms.